The van der Waals surface area contributed by atoms with Crippen molar-refractivity contribution in [2.75, 3.05) is 13.1 Å². The molecule has 7 heteroatoms. The van der Waals surface area contributed by atoms with Crippen molar-refractivity contribution in [1.82, 2.24) is 4.90 Å². The van der Waals surface area contributed by atoms with Crippen LogP contribution in [-0.2, 0) is 14.8 Å². The van der Waals surface area contributed by atoms with E-state index in [0.29, 0.717) is 24.2 Å². The maximum atomic E-state index is 13.0. The standard InChI is InChI=1S/C19H19BrN2O3S/c1-2-10-22-12-17(14-4-3-5-15(20)11-14)18(19(22)23)13-6-8-16(9-7-13)26(21,24)25/h3-9,11H,2,10,12H2,1H3,(H2,21,24,25). The monoisotopic (exact) mass is 434 g/mol. The van der Waals surface area contributed by atoms with Crippen LogP contribution < -0.4 is 5.14 Å². The van der Waals surface area contributed by atoms with Gasteiger partial charge in [0.1, 0.15) is 0 Å². The van der Waals surface area contributed by atoms with Gasteiger partial charge in [-0.05, 0) is 47.4 Å². The Morgan fingerprint density at radius 2 is 1.81 bits per heavy atom. The predicted octanol–water partition coefficient (Wildman–Crippen LogP) is 3.26. The second kappa shape index (κ2) is 7.34. The zero-order chi connectivity index (χ0) is 18.9. The number of halogens is 1. The number of hydrogen-bond acceptors (Lipinski definition) is 3. The van der Waals surface area contributed by atoms with Crippen molar-refractivity contribution >= 4 is 43.0 Å². The van der Waals surface area contributed by atoms with Crippen molar-refractivity contribution < 1.29 is 13.2 Å². The SMILES string of the molecule is CCCN1CC(c2cccc(Br)c2)=C(c2ccc(S(N)(=O)=O)cc2)C1=O. The summed E-state index contributed by atoms with van der Waals surface area (Å²) in [5.74, 6) is -0.0369. The van der Waals surface area contributed by atoms with Crippen molar-refractivity contribution in [2.24, 2.45) is 5.14 Å². The Labute approximate surface area is 161 Å². The van der Waals surface area contributed by atoms with Crippen LogP contribution in [0, 0.1) is 0 Å². The molecule has 0 saturated carbocycles. The van der Waals surface area contributed by atoms with Crippen LogP contribution in [0.1, 0.15) is 24.5 Å². The van der Waals surface area contributed by atoms with Crippen molar-refractivity contribution in [3.8, 4) is 0 Å². The molecule has 1 heterocycles. The number of hydrogen-bond donors (Lipinski definition) is 1. The van der Waals surface area contributed by atoms with E-state index in [9.17, 15) is 13.2 Å². The lowest BCUT2D eigenvalue weighted by molar-refractivity contribution is -0.123. The quantitative estimate of drug-likeness (QED) is 0.783. The van der Waals surface area contributed by atoms with E-state index in [1.165, 1.54) is 12.1 Å². The molecule has 0 unspecified atom stereocenters. The van der Waals surface area contributed by atoms with Gasteiger partial charge < -0.3 is 4.90 Å². The summed E-state index contributed by atoms with van der Waals surface area (Å²) in [5.41, 5.74) is 3.21. The molecule has 1 aliphatic rings. The molecule has 0 atom stereocenters. The Kier molecular flexibility index (Phi) is 5.32. The average Bonchev–Trinajstić information content (AvgIpc) is 2.91. The molecule has 0 fully saturated rings. The predicted molar refractivity (Wildman–Crippen MR) is 106 cm³/mol. The summed E-state index contributed by atoms with van der Waals surface area (Å²) < 4.78 is 23.9. The number of carbonyl (C=O) groups excluding carboxylic acids is 1. The maximum Gasteiger partial charge on any atom is 0.255 e. The number of amides is 1. The molecule has 0 radical (unpaired) electrons. The van der Waals surface area contributed by atoms with Crippen LogP contribution in [0.15, 0.2) is 57.9 Å². The lowest BCUT2D eigenvalue weighted by Crippen LogP contribution is -2.27. The van der Waals surface area contributed by atoms with Crippen LogP contribution in [0.3, 0.4) is 0 Å². The lowest BCUT2D eigenvalue weighted by Gasteiger charge is -2.15. The Morgan fingerprint density at radius 3 is 2.38 bits per heavy atom. The Bertz CT molecular complexity index is 982. The minimum absolute atomic E-state index is 0.0294. The van der Waals surface area contributed by atoms with E-state index in [-0.39, 0.29) is 10.8 Å². The fraction of sp³-hybridized carbons (Fsp3) is 0.211. The summed E-state index contributed by atoms with van der Waals surface area (Å²) in [7, 11) is -3.76. The van der Waals surface area contributed by atoms with E-state index in [2.05, 4.69) is 15.9 Å². The van der Waals surface area contributed by atoms with E-state index in [1.54, 1.807) is 12.1 Å². The van der Waals surface area contributed by atoms with Crippen molar-refractivity contribution in [2.45, 2.75) is 18.2 Å². The van der Waals surface area contributed by atoms with Crippen LogP contribution >= 0.6 is 15.9 Å². The van der Waals surface area contributed by atoms with Crippen LogP contribution in [0.25, 0.3) is 11.1 Å². The number of benzene rings is 2. The molecule has 0 bridgehead atoms. The van der Waals surface area contributed by atoms with Crippen LogP contribution in [0.4, 0.5) is 0 Å². The molecule has 2 aromatic rings. The van der Waals surface area contributed by atoms with E-state index in [0.717, 1.165) is 22.0 Å². The number of nitrogens with zero attached hydrogens (tertiary/aromatic N) is 1. The van der Waals surface area contributed by atoms with Crippen molar-refractivity contribution in [3.05, 3.63) is 64.1 Å². The lowest BCUT2D eigenvalue weighted by atomic mass is 9.97. The topological polar surface area (TPSA) is 80.5 Å². The average molecular weight is 435 g/mol. The van der Waals surface area contributed by atoms with E-state index < -0.39 is 10.0 Å². The normalized spacial score (nSPS) is 15.0. The smallest absolute Gasteiger partial charge is 0.255 e. The summed E-state index contributed by atoms with van der Waals surface area (Å²) in [4.78, 5) is 14.8. The molecule has 0 aromatic heterocycles. The number of carbonyl (C=O) groups is 1. The van der Waals surface area contributed by atoms with Crippen LogP contribution in [0.5, 0.6) is 0 Å². The van der Waals surface area contributed by atoms with E-state index in [4.69, 9.17) is 5.14 Å². The zero-order valence-electron chi connectivity index (χ0n) is 14.3. The third-order valence-corrected chi connectivity index (χ3v) is 5.71. The number of primary sulfonamides is 1. The minimum Gasteiger partial charge on any atom is -0.334 e. The number of sulfonamides is 1. The van der Waals surface area contributed by atoms with Gasteiger partial charge in [-0.1, -0.05) is 47.1 Å². The molecule has 0 spiro atoms. The van der Waals surface area contributed by atoms with Gasteiger partial charge in [0.15, 0.2) is 0 Å². The van der Waals surface area contributed by atoms with Crippen LogP contribution in [-0.4, -0.2) is 32.3 Å². The molecule has 2 aromatic carbocycles. The highest BCUT2D eigenvalue weighted by molar-refractivity contribution is 9.10. The fourth-order valence-corrected chi connectivity index (χ4v) is 4.01. The number of nitrogens with two attached hydrogens (primary N) is 1. The van der Waals surface area contributed by atoms with Gasteiger partial charge in [0, 0.05) is 17.6 Å². The van der Waals surface area contributed by atoms with Gasteiger partial charge in [0.2, 0.25) is 10.0 Å². The maximum absolute atomic E-state index is 13.0. The van der Waals surface area contributed by atoms with Gasteiger partial charge in [-0.15, -0.1) is 0 Å². The third kappa shape index (κ3) is 3.75. The Balaban J connectivity index is 2.11. The molecule has 136 valence electrons. The molecule has 0 aliphatic carbocycles. The first-order chi connectivity index (χ1) is 12.3. The fourth-order valence-electron chi connectivity index (χ4n) is 3.10. The van der Waals surface area contributed by atoms with E-state index >= 15 is 0 Å². The number of rotatable bonds is 5. The van der Waals surface area contributed by atoms with Gasteiger partial charge in [-0.2, -0.15) is 0 Å². The highest BCUT2D eigenvalue weighted by Gasteiger charge is 2.31. The summed E-state index contributed by atoms with van der Waals surface area (Å²) in [5, 5.41) is 5.16. The summed E-state index contributed by atoms with van der Waals surface area (Å²) in [6.45, 7) is 3.25. The molecule has 26 heavy (non-hydrogen) atoms. The molecular formula is C19H19BrN2O3S. The Morgan fingerprint density at radius 1 is 1.12 bits per heavy atom. The largest absolute Gasteiger partial charge is 0.334 e. The molecule has 2 N–H and O–H groups in total. The molecule has 0 saturated heterocycles. The highest BCUT2D eigenvalue weighted by atomic mass is 79.9. The molecule has 3 rings (SSSR count). The first kappa shape index (κ1) is 18.8. The van der Waals surface area contributed by atoms with Gasteiger partial charge in [0.05, 0.1) is 10.5 Å². The van der Waals surface area contributed by atoms with Crippen molar-refractivity contribution in [3.63, 3.8) is 0 Å². The van der Waals surface area contributed by atoms with Gasteiger partial charge >= 0.3 is 0 Å². The molecule has 1 aliphatic heterocycles. The molecule has 5 nitrogen and oxygen atoms in total. The van der Waals surface area contributed by atoms with Gasteiger partial charge in [-0.3, -0.25) is 4.79 Å². The summed E-state index contributed by atoms with van der Waals surface area (Å²) >= 11 is 3.48. The minimum atomic E-state index is -3.76. The van der Waals surface area contributed by atoms with Gasteiger partial charge in [0.25, 0.3) is 5.91 Å². The summed E-state index contributed by atoms with van der Waals surface area (Å²) in [6.07, 6.45) is 0.870. The second-order valence-corrected chi connectivity index (χ2v) is 8.64. The second-order valence-electron chi connectivity index (χ2n) is 6.16. The zero-order valence-corrected chi connectivity index (χ0v) is 16.7. The molecule has 1 amide bonds. The van der Waals surface area contributed by atoms with E-state index in [1.807, 2.05) is 36.1 Å². The van der Waals surface area contributed by atoms with Gasteiger partial charge in [-0.25, -0.2) is 13.6 Å². The summed E-state index contributed by atoms with van der Waals surface area (Å²) in [6, 6.07) is 14.0. The highest BCUT2D eigenvalue weighted by Crippen LogP contribution is 2.35. The Hall–Kier alpha value is -1.96. The third-order valence-electron chi connectivity index (χ3n) is 4.29. The molecular weight excluding hydrogens is 416 g/mol. The van der Waals surface area contributed by atoms with Crippen molar-refractivity contribution in [1.29, 1.82) is 0 Å². The van der Waals surface area contributed by atoms with Crippen LogP contribution in [0.2, 0.25) is 0 Å². The first-order valence-corrected chi connectivity index (χ1v) is 10.6. The first-order valence-electron chi connectivity index (χ1n) is 8.23.